The fourth-order valence-electron chi connectivity index (χ4n) is 2.73. The Labute approximate surface area is 83.8 Å². The molecule has 1 aromatic rings. The molecule has 1 aromatic heterocycles. The van der Waals surface area contributed by atoms with Gasteiger partial charge in [-0.1, -0.05) is 24.6 Å². The molecule has 0 saturated heterocycles. The summed E-state index contributed by atoms with van der Waals surface area (Å²) in [7, 11) is 0. The Morgan fingerprint density at radius 1 is 1.36 bits per heavy atom. The second-order valence-corrected chi connectivity index (χ2v) is 4.17. The van der Waals surface area contributed by atoms with Gasteiger partial charge in [-0.05, 0) is 30.3 Å². The van der Waals surface area contributed by atoms with E-state index < -0.39 is 0 Å². The molecule has 0 aromatic carbocycles. The lowest BCUT2D eigenvalue weighted by Crippen LogP contribution is -2.10. The summed E-state index contributed by atoms with van der Waals surface area (Å²) in [5, 5.41) is 0. The van der Waals surface area contributed by atoms with Crippen LogP contribution in [0.4, 0.5) is 0 Å². The second kappa shape index (κ2) is 3.12. The highest BCUT2D eigenvalue weighted by Gasteiger charge is 2.30. The first kappa shape index (κ1) is 8.04. The molecule has 0 radical (unpaired) electrons. The number of imidazole rings is 1. The lowest BCUT2D eigenvalue weighted by molar-refractivity contribution is 0.567. The highest BCUT2D eigenvalue weighted by molar-refractivity contribution is 5.68. The van der Waals surface area contributed by atoms with Crippen LogP contribution >= 0.6 is 0 Å². The fourth-order valence-corrected chi connectivity index (χ4v) is 2.73. The molecular formula is C12H14N2. The fraction of sp³-hybridized carbons (Fsp3) is 0.417. The SMILES string of the molecule is C1=CC2CCCC2C(c2cnc[nH]2)=C1. The molecule has 0 aliphatic heterocycles. The van der Waals surface area contributed by atoms with Crippen LogP contribution in [0, 0.1) is 11.8 Å². The molecule has 1 heterocycles. The number of hydrogen-bond donors (Lipinski definition) is 1. The van der Waals surface area contributed by atoms with Crippen molar-refractivity contribution in [1.82, 2.24) is 9.97 Å². The van der Waals surface area contributed by atoms with Crippen molar-refractivity contribution in [2.75, 3.05) is 0 Å². The van der Waals surface area contributed by atoms with Crippen LogP contribution in [0.2, 0.25) is 0 Å². The Morgan fingerprint density at radius 2 is 2.36 bits per heavy atom. The van der Waals surface area contributed by atoms with Gasteiger partial charge in [-0.25, -0.2) is 4.98 Å². The number of hydrogen-bond acceptors (Lipinski definition) is 1. The molecule has 1 saturated carbocycles. The third kappa shape index (κ3) is 1.14. The summed E-state index contributed by atoms with van der Waals surface area (Å²) in [5.41, 5.74) is 2.65. The topological polar surface area (TPSA) is 28.7 Å². The largest absolute Gasteiger partial charge is 0.345 e. The van der Waals surface area contributed by atoms with Crippen molar-refractivity contribution in [2.24, 2.45) is 11.8 Å². The Bertz CT molecular complexity index is 373. The minimum absolute atomic E-state index is 0.737. The van der Waals surface area contributed by atoms with Crippen molar-refractivity contribution in [1.29, 1.82) is 0 Å². The molecule has 0 bridgehead atoms. The molecule has 0 amide bonds. The maximum Gasteiger partial charge on any atom is 0.0924 e. The van der Waals surface area contributed by atoms with Crippen LogP contribution in [-0.2, 0) is 0 Å². The smallest absolute Gasteiger partial charge is 0.0924 e. The molecule has 2 atom stereocenters. The molecule has 1 fully saturated rings. The summed E-state index contributed by atoms with van der Waals surface area (Å²) in [6.07, 6.45) is 14.5. The van der Waals surface area contributed by atoms with E-state index in [4.69, 9.17) is 0 Å². The molecule has 72 valence electrons. The van der Waals surface area contributed by atoms with Gasteiger partial charge in [0.05, 0.1) is 18.2 Å². The average molecular weight is 186 g/mol. The molecule has 2 aliphatic carbocycles. The van der Waals surface area contributed by atoms with E-state index in [9.17, 15) is 0 Å². The first-order valence-electron chi connectivity index (χ1n) is 5.32. The minimum atomic E-state index is 0.737. The summed E-state index contributed by atoms with van der Waals surface area (Å²) in [6.45, 7) is 0. The number of rotatable bonds is 1. The number of aromatic amines is 1. The van der Waals surface area contributed by atoms with Gasteiger partial charge in [0.2, 0.25) is 0 Å². The zero-order valence-electron chi connectivity index (χ0n) is 8.11. The van der Waals surface area contributed by atoms with E-state index in [0.717, 1.165) is 11.8 Å². The van der Waals surface area contributed by atoms with Crippen molar-refractivity contribution >= 4 is 5.57 Å². The summed E-state index contributed by atoms with van der Waals surface area (Å²) in [4.78, 5) is 7.30. The molecule has 3 rings (SSSR count). The Kier molecular flexibility index (Phi) is 1.79. The third-order valence-corrected chi connectivity index (χ3v) is 3.41. The normalized spacial score (nSPS) is 30.1. The lowest BCUT2D eigenvalue weighted by Gasteiger charge is -2.22. The summed E-state index contributed by atoms with van der Waals surface area (Å²) < 4.78 is 0. The first-order chi connectivity index (χ1) is 6.95. The molecule has 2 heteroatoms. The van der Waals surface area contributed by atoms with Crippen LogP contribution in [-0.4, -0.2) is 9.97 Å². The quantitative estimate of drug-likeness (QED) is 0.717. The Morgan fingerprint density at radius 3 is 3.21 bits per heavy atom. The molecule has 0 spiro atoms. The second-order valence-electron chi connectivity index (χ2n) is 4.17. The van der Waals surface area contributed by atoms with Crippen molar-refractivity contribution in [3.05, 3.63) is 36.4 Å². The van der Waals surface area contributed by atoms with Crippen LogP contribution in [0.15, 0.2) is 30.8 Å². The maximum atomic E-state index is 4.09. The molecule has 14 heavy (non-hydrogen) atoms. The summed E-state index contributed by atoms with van der Waals surface area (Å²) in [5.74, 6) is 1.51. The Hall–Kier alpha value is -1.31. The van der Waals surface area contributed by atoms with Crippen LogP contribution in [0.5, 0.6) is 0 Å². The van der Waals surface area contributed by atoms with E-state index in [-0.39, 0.29) is 0 Å². The van der Waals surface area contributed by atoms with Crippen molar-refractivity contribution in [3.63, 3.8) is 0 Å². The van der Waals surface area contributed by atoms with Crippen molar-refractivity contribution in [2.45, 2.75) is 19.3 Å². The van der Waals surface area contributed by atoms with Gasteiger partial charge in [0.25, 0.3) is 0 Å². The predicted molar refractivity (Wildman–Crippen MR) is 56.5 cm³/mol. The molecule has 2 unspecified atom stereocenters. The van der Waals surface area contributed by atoms with Crippen LogP contribution in [0.1, 0.15) is 25.0 Å². The van der Waals surface area contributed by atoms with E-state index in [1.165, 1.54) is 30.5 Å². The first-order valence-corrected chi connectivity index (χ1v) is 5.32. The standard InChI is InChI=1S/C12H14N2/c1-3-9-4-2-6-11(10(9)5-1)12-7-13-8-14-12/h2,4,6-10H,1,3,5H2,(H,13,14). The Balaban J connectivity index is 1.99. The maximum absolute atomic E-state index is 4.09. The number of allylic oxidation sites excluding steroid dienone is 4. The van der Waals surface area contributed by atoms with E-state index in [1.807, 2.05) is 6.20 Å². The predicted octanol–water partition coefficient (Wildman–Crippen LogP) is 2.78. The van der Waals surface area contributed by atoms with E-state index in [2.05, 4.69) is 28.2 Å². The van der Waals surface area contributed by atoms with E-state index >= 15 is 0 Å². The number of fused-ring (bicyclic) bond motifs is 1. The van der Waals surface area contributed by atoms with Crippen LogP contribution in [0.25, 0.3) is 5.57 Å². The number of nitrogens with zero attached hydrogens (tertiary/aromatic N) is 1. The number of aromatic nitrogens is 2. The van der Waals surface area contributed by atoms with Gasteiger partial charge in [-0.15, -0.1) is 0 Å². The highest BCUT2D eigenvalue weighted by Crippen LogP contribution is 2.43. The zero-order valence-corrected chi connectivity index (χ0v) is 8.11. The van der Waals surface area contributed by atoms with Gasteiger partial charge < -0.3 is 4.98 Å². The molecule has 2 nitrogen and oxygen atoms in total. The average Bonchev–Trinajstić information content (AvgIpc) is 2.88. The number of H-pyrrole nitrogens is 1. The lowest BCUT2D eigenvalue weighted by atomic mass is 9.83. The van der Waals surface area contributed by atoms with Gasteiger partial charge in [0.1, 0.15) is 0 Å². The van der Waals surface area contributed by atoms with Gasteiger partial charge in [0.15, 0.2) is 0 Å². The van der Waals surface area contributed by atoms with Gasteiger partial charge in [-0.3, -0.25) is 0 Å². The van der Waals surface area contributed by atoms with E-state index in [1.54, 1.807) is 6.33 Å². The van der Waals surface area contributed by atoms with Crippen molar-refractivity contribution in [3.8, 4) is 0 Å². The van der Waals surface area contributed by atoms with Crippen LogP contribution in [0.3, 0.4) is 0 Å². The number of nitrogens with one attached hydrogen (secondary N) is 1. The highest BCUT2D eigenvalue weighted by atomic mass is 14.9. The molecule has 1 N–H and O–H groups in total. The zero-order chi connectivity index (χ0) is 9.38. The molecular weight excluding hydrogens is 172 g/mol. The molecule has 2 aliphatic rings. The van der Waals surface area contributed by atoms with Crippen molar-refractivity contribution < 1.29 is 0 Å². The summed E-state index contributed by atoms with van der Waals surface area (Å²) >= 11 is 0. The third-order valence-electron chi connectivity index (χ3n) is 3.41. The van der Waals surface area contributed by atoms with Gasteiger partial charge >= 0.3 is 0 Å². The van der Waals surface area contributed by atoms with Gasteiger partial charge in [0, 0.05) is 0 Å². The summed E-state index contributed by atoms with van der Waals surface area (Å²) in [6, 6.07) is 0. The monoisotopic (exact) mass is 186 g/mol. The van der Waals surface area contributed by atoms with E-state index in [0.29, 0.717) is 0 Å². The van der Waals surface area contributed by atoms with Crippen LogP contribution < -0.4 is 0 Å². The van der Waals surface area contributed by atoms with Gasteiger partial charge in [-0.2, -0.15) is 0 Å². The minimum Gasteiger partial charge on any atom is -0.345 e.